The normalized spacial score (nSPS) is 10.7. The van der Waals surface area contributed by atoms with Gasteiger partial charge in [0.15, 0.2) is 11.6 Å². The number of nitro groups is 1. The van der Waals surface area contributed by atoms with E-state index >= 15 is 0 Å². The monoisotopic (exact) mass is 272 g/mol. The maximum Gasteiger partial charge on any atom is 0.235 e. The highest BCUT2D eigenvalue weighted by Crippen LogP contribution is 2.21. The van der Waals surface area contributed by atoms with Gasteiger partial charge < -0.3 is 4.74 Å². The molecule has 0 heterocycles. The Bertz CT molecular complexity index is 626. The van der Waals surface area contributed by atoms with Crippen LogP contribution in [-0.4, -0.2) is 4.92 Å². The molecule has 0 saturated carbocycles. The first-order chi connectivity index (χ1) is 9.65. The SMILES string of the molecule is O=[N+]([O-])/C=C/c1ccc([18F])c(OCc2ccccc2)c1. The summed E-state index contributed by atoms with van der Waals surface area (Å²) in [6.45, 7) is 0.236. The second-order valence-corrected chi connectivity index (χ2v) is 4.07. The third-order valence-electron chi connectivity index (χ3n) is 2.58. The van der Waals surface area contributed by atoms with Crippen molar-refractivity contribution >= 4 is 6.08 Å². The first kappa shape index (κ1) is 13.7. The summed E-state index contributed by atoms with van der Waals surface area (Å²) in [4.78, 5) is 9.67. The predicted octanol–water partition coefficient (Wildman–Crippen LogP) is 3.65. The summed E-state index contributed by atoms with van der Waals surface area (Å²) in [5, 5.41) is 10.2. The average Bonchev–Trinajstić information content (AvgIpc) is 2.46. The summed E-state index contributed by atoms with van der Waals surface area (Å²) in [7, 11) is 0. The van der Waals surface area contributed by atoms with Gasteiger partial charge in [-0.1, -0.05) is 36.4 Å². The van der Waals surface area contributed by atoms with E-state index in [0.29, 0.717) is 5.56 Å². The number of halogens is 1. The van der Waals surface area contributed by atoms with E-state index in [0.717, 1.165) is 11.8 Å². The van der Waals surface area contributed by atoms with E-state index in [1.807, 2.05) is 30.3 Å². The number of benzene rings is 2. The van der Waals surface area contributed by atoms with Crippen molar-refractivity contribution in [1.29, 1.82) is 0 Å². The van der Waals surface area contributed by atoms with E-state index in [1.165, 1.54) is 24.3 Å². The molecule has 0 bridgehead atoms. The van der Waals surface area contributed by atoms with E-state index in [9.17, 15) is 14.5 Å². The van der Waals surface area contributed by atoms with E-state index < -0.39 is 10.7 Å². The highest BCUT2D eigenvalue weighted by atomic mass is 18.2. The lowest BCUT2D eigenvalue weighted by Crippen LogP contribution is -1.97. The first-order valence-corrected chi connectivity index (χ1v) is 5.93. The van der Waals surface area contributed by atoms with E-state index in [4.69, 9.17) is 4.74 Å². The molecule has 0 amide bonds. The Morgan fingerprint density at radius 1 is 1.20 bits per heavy atom. The van der Waals surface area contributed by atoms with Crippen molar-refractivity contribution in [3.05, 3.63) is 81.8 Å². The molecule has 0 saturated heterocycles. The molecule has 0 aliphatic carbocycles. The Balaban J connectivity index is 2.10. The van der Waals surface area contributed by atoms with Crippen LogP contribution < -0.4 is 4.74 Å². The number of nitrogens with zero attached hydrogens (tertiary/aromatic N) is 1. The quantitative estimate of drug-likeness (QED) is 0.616. The third kappa shape index (κ3) is 3.91. The predicted molar refractivity (Wildman–Crippen MR) is 73.2 cm³/mol. The van der Waals surface area contributed by atoms with Crippen molar-refractivity contribution in [2.24, 2.45) is 0 Å². The molecule has 0 unspecified atom stereocenters. The maximum atomic E-state index is 13.6. The van der Waals surface area contributed by atoms with Gasteiger partial charge >= 0.3 is 0 Å². The molecule has 0 aliphatic heterocycles. The fourth-order valence-corrected chi connectivity index (χ4v) is 1.62. The molecule has 0 aromatic heterocycles. The summed E-state index contributed by atoms with van der Waals surface area (Å²) in [5.74, 6) is -0.432. The van der Waals surface area contributed by atoms with Crippen molar-refractivity contribution < 1.29 is 14.1 Å². The van der Waals surface area contributed by atoms with Gasteiger partial charge in [0.1, 0.15) is 6.61 Å². The van der Waals surface area contributed by atoms with Crippen LogP contribution in [0.25, 0.3) is 6.08 Å². The van der Waals surface area contributed by atoms with Crippen molar-refractivity contribution in [2.45, 2.75) is 6.61 Å². The standard InChI is InChI=1S/C15H12FNO3/c16-14-7-6-12(8-9-17(18)19)10-15(14)20-11-13-4-2-1-3-5-13/h1-10H,11H2/b9-8+/i16-1. The van der Waals surface area contributed by atoms with E-state index in [1.54, 1.807) is 0 Å². The lowest BCUT2D eigenvalue weighted by molar-refractivity contribution is -0.400. The van der Waals surface area contributed by atoms with Gasteiger partial charge in [0.2, 0.25) is 6.20 Å². The molecular weight excluding hydrogens is 260 g/mol. The van der Waals surface area contributed by atoms with Gasteiger partial charge in [0.05, 0.1) is 4.92 Å². The van der Waals surface area contributed by atoms with Crippen LogP contribution >= 0.6 is 0 Å². The third-order valence-corrected chi connectivity index (χ3v) is 2.58. The Hall–Kier alpha value is -2.69. The molecular formula is C15H12FNO3. The molecule has 0 radical (unpaired) electrons. The van der Waals surface area contributed by atoms with Crippen LogP contribution in [-0.2, 0) is 6.61 Å². The second-order valence-electron chi connectivity index (χ2n) is 4.07. The highest BCUT2D eigenvalue weighted by molar-refractivity contribution is 5.51. The largest absolute Gasteiger partial charge is 0.486 e. The van der Waals surface area contributed by atoms with Gasteiger partial charge in [-0.2, -0.15) is 0 Å². The van der Waals surface area contributed by atoms with Crippen LogP contribution in [0.4, 0.5) is 4.39 Å². The lowest BCUT2D eigenvalue weighted by Gasteiger charge is -2.08. The molecule has 2 aromatic carbocycles. The topological polar surface area (TPSA) is 52.4 Å². The molecule has 2 rings (SSSR count). The second kappa shape index (κ2) is 6.47. The van der Waals surface area contributed by atoms with Crippen molar-refractivity contribution in [2.75, 3.05) is 0 Å². The van der Waals surface area contributed by atoms with Crippen molar-refractivity contribution in [1.82, 2.24) is 0 Å². The molecule has 5 heteroatoms. The minimum Gasteiger partial charge on any atom is -0.486 e. The maximum absolute atomic E-state index is 13.6. The Morgan fingerprint density at radius 3 is 2.65 bits per heavy atom. The molecule has 0 fully saturated rings. The summed E-state index contributed by atoms with van der Waals surface area (Å²) in [5.41, 5.74) is 1.42. The molecule has 0 N–H and O–H groups in total. The van der Waals surface area contributed by atoms with Gasteiger partial charge in [-0.3, -0.25) is 10.1 Å². The fraction of sp³-hybridized carbons (Fsp3) is 0.0667. The van der Waals surface area contributed by atoms with Crippen molar-refractivity contribution in [3.8, 4) is 5.75 Å². The molecule has 0 spiro atoms. The fourth-order valence-electron chi connectivity index (χ4n) is 1.62. The summed E-state index contributed by atoms with van der Waals surface area (Å²) in [6, 6.07) is 13.5. The summed E-state index contributed by atoms with van der Waals surface area (Å²) in [6.07, 6.45) is 2.09. The van der Waals surface area contributed by atoms with Gasteiger partial charge in [0.25, 0.3) is 0 Å². The number of hydrogen-bond donors (Lipinski definition) is 0. The van der Waals surface area contributed by atoms with Gasteiger partial charge in [-0.05, 0) is 23.3 Å². The smallest absolute Gasteiger partial charge is 0.235 e. The van der Waals surface area contributed by atoms with Gasteiger partial charge in [-0.25, -0.2) is 4.39 Å². The highest BCUT2D eigenvalue weighted by Gasteiger charge is 2.05. The van der Waals surface area contributed by atoms with Gasteiger partial charge in [-0.15, -0.1) is 0 Å². The molecule has 0 atom stereocenters. The van der Waals surface area contributed by atoms with Crippen LogP contribution in [0.15, 0.2) is 54.7 Å². The average molecular weight is 272 g/mol. The number of ether oxygens (including phenoxy) is 1. The summed E-state index contributed by atoms with van der Waals surface area (Å²) >= 11 is 0. The molecule has 0 aliphatic rings. The first-order valence-electron chi connectivity index (χ1n) is 5.93. The van der Waals surface area contributed by atoms with Gasteiger partial charge in [0, 0.05) is 6.08 Å². The molecule has 20 heavy (non-hydrogen) atoms. The minimum absolute atomic E-state index is 0.0688. The zero-order valence-electron chi connectivity index (χ0n) is 10.5. The van der Waals surface area contributed by atoms with E-state index in [2.05, 4.69) is 0 Å². The Morgan fingerprint density at radius 2 is 1.95 bits per heavy atom. The molecule has 4 nitrogen and oxygen atoms in total. The van der Waals surface area contributed by atoms with Crippen LogP contribution in [0.3, 0.4) is 0 Å². The molecule has 102 valence electrons. The van der Waals surface area contributed by atoms with Crippen LogP contribution in [0, 0.1) is 15.9 Å². The molecule has 2 aromatic rings. The minimum atomic E-state index is -0.576. The van der Waals surface area contributed by atoms with Crippen molar-refractivity contribution in [3.63, 3.8) is 0 Å². The lowest BCUT2D eigenvalue weighted by atomic mass is 10.2. The zero-order valence-corrected chi connectivity index (χ0v) is 10.5. The number of rotatable bonds is 5. The summed E-state index contributed by atoms with van der Waals surface area (Å²) < 4.78 is 19.0. The van der Waals surface area contributed by atoms with Crippen LogP contribution in [0.1, 0.15) is 11.1 Å². The number of hydrogen-bond acceptors (Lipinski definition) is 3. The van der Waals surface area contributed by atoms with Crippen LogP contribution in [0.2, 0.25) is 0 Å². The van der Waals surface area contributed by atoms with Crippen LogP contribution in [0.5, 0.6) is 5.75 Å². The van der Waals surface area contributed by atoms with E-state index in [-0.39, 0.29) is 12.4 Å². The Kier molecular flexibility index (Phi) is 4.44. The zero-order chi connectivity index (χ0) is 14.4. The Labute approximate surface area is 115 Å².